The van der Waals surface area contributed by atoms with Gasteiger partial charge in [-0.15, -0.1) is 0 Å². The van der Waals surface area contributed by atoms with Crippen LogP contribution in [0.4, 0.5) is 4.39 Å². The number of amidine groups is 1. The van der Waals surface area contributed by atoms with Gasteiger partial charge < -0.3 is 11.1 Å². The van der Waals surface area contributed by atoms with Crippen molar-refractivity contribution in [3.8, 4) is 6.07 Å². The number of benzene rings is 2. The average Bonchev–Trinajstić information content (AvgIpc) is 3.54. The topological polar surface area (TPSA) is 91.3 Å². The van der Waals surface area contributed by atoms with Gasteiger partial charge in [-0.05, 0) is 61.8 Å². The van der Waals surface area contributed by atoms with Crippen molar-refractivity contribution < 1.29 is 9.18 Å². The highest BCUT2D eigenvalue weighted by atomic mass is 32.2. The fraction of sp³-hybridized carbons (Fsp3) is 0.348. The molecule has 1 fully saturated rings. The maximum Gasteiger partial charge on any atom is 0.233 e. The van der Waals surface area contributed by atoms with Gasteiger partial charge in [-0.2, -0.15) is 5.26 Å². The molecule has 1 amide bonds. The molecule has 0 heterocycles. The number of nitriles is 1. The number of nitrogens with two attached hydrogens (primary N) is 1. The first-order valence-corrected chi connectivity index (χ1v) is 10.9. The van der Waals surface area contributed by atoms with E-state index >= 15 is 0 Å². The Morgan fingerprint density at radius 3 is 2.37 bits per heavy atom. The first-order valence-electron chi connectivity index (χ1n) is 9.72. The maximum absolute atomic E-state index is 13.2. The van der Waals surface area contributed by atoms with Crippen LogP contribution in [0.15, 0.2) is 53.5 Å². The molecule has 0 bridgehead atoms. The lowest BCUT2D eigenvalue weighted by Gasteiger charge is -2.22. The van der Waals surface area contributed by atoms with Crippen LogP contribution >= 0.6 is 11.8 Å². The lowest BCUT2D eigenvalue weighted by Crippen LogP contribution is -2.37. The van der Waals surface area contributed by atoms with E-state index < -0.39 is 11.6 Å². The number of thioether (sulfide) groups is 1. The molecule has 1 aliphatic carbocycles. The summed E-state index contributed by atoms with van der Waals surface area (Å²) in [5.41, 5.74) is 7.36. The Morgan fingerprint density at radius 1 is 1.27 bits per heavy atom. The van der Waals surface area contributed by atoms with E-state index in [1.807, 2.05) is 31.2 Å². The van der Waals surface area contributed by atoms with Crippen LogP contribution < -0.4 is 11.1 Å². The Morgan fingerprint density at radius 2 is 1.87 bits per heavy atom. The molecular weight excluding hydrogens is 399 g/mol. The van der Waals surface area contributed by atoms with Gasteiger partial charge in [-0.1, -0.05) is 48.2 Å². The van der Waals surface area contributed by atoms with Crippen molar-refractivity contribution in [2.24, 2.45) is 10.7 Å². The second kappa shape index (κ2) is 8.58. The number of amides is 1. The SMILES string of the molecule is CS/C(=N/[C@](C)(N)c1ccc(F)cc1)NC(=O)C(C)c1ccc(C2(C#N)CC2)cc1. The molecule has 30 heavy (non-hydrogen) atoms. The Bertz CT molecular complexity index is 989. The molecule has 1 saturated carbocycles. The van der Waals surface area contributed by atoms with E-state index in [9.17, 15) is 14.4 Å². The minimum Gasteiger partial charge on any atom is -0.305 e. The summed E-state index contributed by atoms with van der Waals surface area (Å²) >= 11 is 1.28. The van der Waals surface area contributed by atoms with Crippen molar-refractivity contribution in [3.63, 3.8) is 0 Å². The van der Waals surface area contributed by atoms with Crippen LogP contribution in [0.5, 0.6) is 0 Å². The molecule has 0 spiro atoms. The van der Waals surface area contributed by atoms with Crippen LogP contribution in [0.3, 0.4) is 0 Å². The highest BCUT2D eigenvalue weighted by molar-refractivity contribution is 8.13. The van der Waals surface area contributed by atoms with Crippen molar-refractivity contribution in [1.29, 1.82) is 5.26 Å². The predicted molar refractivity (Wildman–Crippen MR) is 118 cm³/mol. The number of rotatable bonds is 5. The predicted octanol–water partition coefficient (Wildman–Crippen LogP) is 4.15. The Hall–Kier alpha value is -2.69. The third-order valence-corrected chi connectivity index (χ3v) is 6.09. The molecule has 3 rings (SSSR count). The van der Waals surface area contributed by atoms with E-state index in [-0.39, 0.29) is 17.1 Å². The zero-order valence-electron chi connectivity index (χ0n) is 17.3. The molecule has 1 aliphatic rings. The Kier molecular flexibility index (Phi) is 6.30. The van der Waals surface area contributed by atoms with Gasteiger partial charge in [-0.25, -0.2) is 9.38 Å². The van der Waals surface area contributed by atoms with Gasteiger partial charge in [0.15, 0.2) is 5.17 Å². The molecule has 2 aromatic rings. The maximum atomic E-state index is 13.2. The number of carbonyl (C=O) groups excluding carboxylic acids is 1. The lowest BCUT2D eigenvalue weighted by molar-refractivity contribution is -0.120. The quantitative estimate of drug-likeness (QED) is 0.557. The number of hydrogen-bond acceptors (Lipinski definition) is 5. The first kappa shape index (κ1) is 22.0. The van der Waals surface area contributed by atoms with Gasteiger partial charge >= 0.3 is 0 Å². The first-order chi connectivity index (χ1) is 14.2. The lowest BCUT2D eigenvalue weighted by atomic mass is 9.93. The van der Waals surface area contributed by atoms with Crippen LogP contribution in [0.25, 0.3) is 0 Å². The second-order valence-electron chi connectivity index (χ2n) is 7.80. The van der Waals surface area contributed by atoms with E-state index in [1.165, 1.54) is 23.9 Å². The van der Waals surface area contributed by atoms with E-state index in [0.717, 1.165) is 24.0 Å². The third kappa shape index (κ3) is 4.72. The molecule has 7 heteroatoms. The van der Waals surface area contributed by atoms with Crippen LogP contribution in [0.1, 0.15) is 49.3 Å². The molecule has 0 aromatic heterocycles. The van der Waals surface area contributed by atoms with Crippen LogP contribution in [-0.2, 0) is 15.9 Å². The highest BCUT2D eigenvalue weighted by Crippen LogP contribution is 2.47. The molecule has 2 atom stereocenters. The summed E-state index contributed by atoms with van der Waals surface area (Å²) in [5.74, 6) is -0.949. The third-order valence-electron chi connectivity index (χ3n) is 5.51. The zero-order valence-corrected chi connectivity index (χ0v) is 18.1. The highest BCUT2D eigenvalue weighted by Gasteiger charge is 2.44. The van der Waals surface area contributed by atoms with E-state index in [1.54, 1.807) is 25.3 Å². The molecule has 0 saturated heterocycles. The van der Waals surface area contributed by atoms with Gasteiger partial charge in [-0.3, -0.25) is 4.79 Å². The Balaban J connectivity index is 1.72. The normalized spacial score (nSPS) is 18.1. The molecule has 0 aliphatic heterocycles. The zero-order chi connectivity index (χ0) is 21.9. The minimum atomic E-state index is -1.11. The monoisotopic (exact) mass is 424 g/mol. The molecule has 2 aromatic carbocycles. The smallest absolute Gasteiger partial charge is 0.233 e. The molecular formula is C23H25FN4OS. The second-order valence-corrected chi connectivity index (χ2v) is 8.60. The summed E-state index contributed by atoms with van der Waals surface area (Å²) in [5, 5.41) is 12.6. The fourth-order valence-electron chi connectivity index (χ4n) is 3.23. The van der Waals surface area contributed by atoms with Crippen molar-refractivity contribution in [1.82, 2.24) is 5.32 Å². The summed E-state index contributed by atoms with van der Waals surface area (Å²) in [6.45, 7) is 3.52. The summed E-state index contributed by atoms with van der Waals surface area (Å²) in [7, 11) is 0. The number of nitrogens with one attached hydrogen (secondary N) is 1. The summed E-state index contributed by atoms with van der Waals surface area (Å²) in [6, 6.07) is 15.9. The van der Waals surface area contributed by atoms with Gasteiger partial charge in [0.25, 0.3) is 0 Å². The summed E-state index contributed by atoms with van der Waals surface area (Å²) in [6.07, 6.45) is 3.58. The van der Waals surface area contributed by atoms with Crippen molar-refractivity contribution in [2.45, 2.75) is 43.7 Å². The number of aliphatic imine (C=N–C) groups is 1. The molecule has 3 N–H and O–H groups in total. The number of halogens is 1. The molecule has 0 radical (unpaired) electrons. The van der Waals surface area contributed by atoms with Gasteiger partial charge in [0, 0.05) is 0 Å². The number of carbonyl (C=O) groups is 1. The average molecular weight is 425 g/mol. The molecule has 1 unspecified atom stereocenters. The van der Waals surface area contributed by atoms with Gasteiger partial charge in [0.05, 0.1) is 17.4 Å². The molecule has 156 valence electrons. The van der Waals surface area contributed by atoms with Crippen LogP contribution in [0, 0.1) is 17.1 Å². The molecule has 5 nitrogen and oxygen atoms in total. The largest absolute Gasteiger partial charge is 0.305 e. The Labute approximate surface area is 180 Å². The van der Waals surface area contributed by atoms with E-state index in [0.29, 0.717) is 10.7 Å². The van der Waals surface area contributed by atoms with E-state index in [2.05, 4.69) is 16.4 Å². The van der Waals surface area contributed by atoms with Gasteiger partial charge in [0.2, 0.25) is 5.91 Å². The fourth-order valence-corrected chi connectivity index (χ4v) is 3.72. The van der Waals surface area contributed by atoms with Crippen molar-refractivity contribution in [3.05, 3.63) is 71.0 Å². The number of nitrogens with zero attached hydrogens (tertiary/aromatic N) is 2. The van der Waals surface area contributed by atoms with E-state index in [4.69, 9.17) is 5.73 Å². The standard InChI is InChI=1S/C23H25FN4OS/c1-15(16-4-6-18(7-5-16)23(14-25)12-13-23)20(29)27-21(30-3)28-22(2,26)17-8-10-19(24)11-9-17/h4-11,15H,12-13,26H2,1-3H3,(H,27,28,29)/t15?,22-/m0/s1. The minimum absolute atomic E-state index is 0.202. The van der Waals surface area contributed by atoms with Crippen molar-refractivity contribution in [2.75, 3.05) is 6.26 Å². The van der Waals surface area contributed by atoms with Crippen LogP contribution in [-0.4, -0.2) is 17.3 Å². The number of hydrogen-bond donors (Lipinski definition) is 2. The van der Waals surface area contributed by atoms with Crippen molar-refractivity contribution >= 4 is 22.8 Å². The van der Waals surface area contributed by atoms with Gasteiger partial charge in [0.1, 0.15) is 11.5 Å². The van der Waals surface area contributed by atoms with Crippen LogP contribution in [0.2, 0.25) is 0 Å². The summed E-state index contributed by atoms with van der Waals surface area (Å²) in [4.78, 5) is 17.3. The summed E-state index contributed by atoms with van der Waals surface area (Å²) < 4.78 is 13.2.